The Labute approximate surface area is 197 Å². The van der Waals surface area contributed by atoms with Gasteiger partial charge in [-0.25, -0.2) is 4.98 Å². The van der Waals surface area contributed by atoms with Crippen molar-refractivity contribution in [2.24, 2.45) is 4.99 Å². The Bertz CT molecular complexity index is 1310. The van der Waals surface area contributed by atoms with Crippen LogP contribution in [0.3, 0.4) is 0 Å². The number of imidazole rings is 1. The first-order valence-corrected chi connectivity index (χ1v) is 11.8. The molecule has 5 nitrogen and oxygen atoms in total. The molecule has 0 spiro atoms. The van der Waals surface area contributed by atoms with Crippen LogP contribution in [-0.2, 0) is 17.8 Å². The van der Waals surface area contributed by atoms with Gasteiger partial charge in [-0.05, 0) is 59.5 Å². The molecule has 1 aromatic heterocycles. The van der Waals surface area contributed by atoms with Crippen molar-refractivity contribution in [3.05, 3.63) is 107 Å². The number of amidine groups is 1. The van der Waals surface area contributed by atoms with E-state index in [9.17, 15) is 4.79 Å². The third-order valence-corrected chi connectivity index (χ3v) is 6.61. The van der Waals surface area contributed by atoms with Gasteiger partial charge in [-0.2, -0.15) is 0 Å². The quantitative estimate of drug-likeness (QED) is 0.368. The highest BCUT2D eigenvalue weighted by molar-refractivity contribution is 8.18. The predicted octanol–water partition coefficient (Wildman–Crippen LogP) is 5.67. The van der Waals surface area contributed by atoms with E-state index in [0.717, 1.165) is 40.2 Å². The number of hydrogen-bond donors (Lipinski definition) is 1. The van der Waals surface area contributed by atoms with Crippen molar-refractivity contribution in [3.63, 3.8) is 0 Å². The van der Waals surface area contributed by atoms with Crippen molar-refractivity contribution in [1.29, 1.82) is 0 Å². The number of thioether (sulfide) groups is 1. The number of carbonyl (C=O) groups excluding carboxylic acids is 1. The van der Waals surface area contributed by atoms with Crippen LogP contribution in [0.4, 0.5) is 0 Å². The molecule has 5 rings (SSSR count). The lowest BCUT2D eigenvalue weighted by Crippen LogP contribution is -2.30. The molecule has 3 aromatic carbocycles. The van der Waals surface area contributed by atoms with Gasteiger partial charge in [0.15, 0.2) is 5.17 Å². The average Bonchev–Trinajstić information content (AvgIpc) is 3.44. The van der Waals surface area contributed by atoms with Crippen LogP contribution in [0.25, 0.3) is 17.1 Å². The van der Waals surface area contributed by atoms with E-state index in [2.05, 4.69) is 46.4 Å². The normalized spacial score (nSPS) is 16.4. The van der Waals surface area contributed by atoms with E-state index in [1.165, 1.54) is 17.3 Å². The molecule has 1 fully saturated rings. The number of aliphatic imine (C=N–C) groups is 1. The topological polar surface area (TPSA) is 61.4 Å². The van der Waals surface area contributed by atoms with E-state index in [1.807, 2.05) is 53.4 Å². The maximum atomic E-state index is 13.3. The minimum Gasteiger partial charge on any atom is -0.345 e. The van der Waals surface area contributed by atoms with Crippen molar-refractivity contribution in [1.82, 2.24) is 14.9 Å². The van der Waals surface area contributed by atoms with Crippen LogP contribution < -0.4 is 0 Å². The fourth-order valence-electron chi connectivity index (χ4n) is 3.84. The van der Waals surface area contributed by atoms with Crippen LogP contribution in [-0.4, -0.2) is 32.5 Å². The van der Waals surface area contributed by atoms with Crippen LogP contribution in [0.15, 0.2) is 95.1 Å². The fraction of sp³-hybridized carbons (Fsp3) is 0.148. The molecule has 6 heteroatoms. The van der Waals surface area contributed by atoms with Gasteiger partial charge in [0.25, 0.3) is 5.91 Å². The number of aryl methyl sites for hydroxylation is 1. The average molecular weight is 453 g/mol. The molecule has 1 amide bonds. The van der Waals surface area contributed by atoms with Crippen molar-refractivity contribution in [3.8, 4) is 0 Å². The molecule has 0 bridgehead atoms. The van der Waals surface area contributed by atoms with E-state index < -0.39 is 0 Å². The van der Waals surface area contributed by atoms with Gasteiger partial charge in [0, 0.05) is 6.54 Å². The van der Waals surface area contributed by atoms with Crippen molar-refractivity contribution >= 4 is 39.9 Å². The van der Waals surface area contributed by atoms with Gasteiger partial charge < -0.3 is 4.98 Å². The second-order valence-electron chi connectivity index (χ2n) is 7.92. The number of hydrogen-bond acceptors (Lipinski definition) is 4. The van der Waals surface area contributed by atoms with Gasteiger partial charge >= 0.3 is 0 Å². The zero-order chi connectivity index (χ0) is 22.5. The summed E-state index contributed by atoms with van der Waals surface area (Å²) < 4.78 is 0. The minimum absolute atomic E-state index is 0.0157. The zero-order valence-electron chi connectivity index (χ0n) is 18.1. The number of rotatable bonds is 7. The summed E-state index contributed by atoms with van der Waals surface area (Å²) >= 11 is 1.45. The van der Waals surface area contributed by atoms with Crippen LogP contribution >= 0.6 is 11.8 Å². The van der Waals surface area contributed by atoms with E-state index in [1.54, 1.807) is 6.33 Å². The minimum atomic E-state index is 0.0157. The van der Waals surface area contributed by atoms with Gasteiger partial charge in [-0.15, -0.1) is 0 Å². The maximum absolute atomic E-state index is 13.3. The second-order valence-corrected chi connectivity index (χ2v) is 8.93. The Kier molecular flexibility index (Phi) is 6.35. The molecule has 1 aliphatic heterocycles. The highest BCUT2D eigenvalue weighted by atomic mass is 32.2. The number of aromatic amines is 1. The first kappa shape index (κ1) is 21.2. The number of H-pyrrole nitrogens is 1. The molecule has 1 saturated heterocycles. The molecular formula is C27H24N4OS. The summed E-state index contributed by atoms with van der Waals surface area (Å²) in [5.74, 6) is 0.0157. The number of carbonyl (C=O) groups is 1. The molecule has 4 aromatic rings. The van der Waals surface area contributed by atoms with Gasteiger partial charge in [-0.1, -0.05) is 66.7 Å². The number of benzene rings is 3. The number of nitrogens with one attached hydrogen (secondary N) is 1. The summed E-state index contributed by atoms with van der Waals surface area (Å²) in [7, 11) is 0. The summed E-state index contributed by atoms with van der Waals surface area (Å²) in [6.45, 7) is 1.20. The zero-order valence-corrected chi connectivity index (χ0v) is 19.0. The molecule has 0 saturated carbocycles. The van der Waals surface area contributed by atoms with Gasteiger partial charge in [0.2, 0.25) is 0 Å². The Balaban J connectivity index is 1.37. The SMILES string of the molecule is O=C1C(=Cc2ccc3[nH]cnc3c2)SC(=NCc2ccccc2)N1CCCc1ccccc1. The molecule has 0 aliphatic carbocycles. The highest BCUT2D eigenvalue weighted by Crippen LogP contribution is 2.33. The Morgan fingerprint density at radius 1 is 0.970 bits per heavy atom. The van der Waals surface area contributed by atoms with E-state index in [4.69, 9.17) is 4.99 Å². The third kappa shape index (κ3) is 5.07. The molecule has 0 atom stereocenters. The van der Waals surface area contributed by atoms with E-state index >= 15 is 0 Å². The molecule has 2 heterocycles. The Morgan fingerprint density at radius 3 is 2.52 bits per heavy atom. The number of nitrogens with zero attached hydrogens (tertiary/aromatic N) is 3. The fourth-order valence-corrected chi connectivity index (χ4v) is 4.84. The third-order valence-electron chi connectivity index (χ3n) is 5.56. The molecule has 1 N–H and O–H groups in total. The molecule has 1 aliphatic rings. The second kappa shape index (κ2) is 9.88. The Hall–Kier alpha value is -3.64. The smallest absolute Gasteiger partial charge is 0.266 e. The van der Waals surface area contributed by atoms with Gasteiger partial charge in [0.05, 0.1) is 28.8 Å². The monoisotopic (exact) mass is 452 g/mol. The lowest BCUT2D eigenvalue weighted by Gasteiger charge is -2.15. The van der Waals surface area contributed by atoms with Crippen molar-refractivity contribution < 1.29 is 4.79 Å². The molecule has 0 unspecified atom stereocenters. The first-order valence-electron chi connectivity index (χ1n) is 11.0. The standard InChI is InChI=1S/C27H24N4OS/c32-26-25(17-22-13-14-23-24(16-22)30-19-29-23)33-27(28-18-21-10-5-2-6-11-21)31(26)15-7-12-20-8-3-1-4-9-20/h1-6,8-11,13-14,16-17,19H,7,12,15,18H2,(H,29,30). The summed E-state index contributed by atoms with van der Waals surface area (Å²) in [6.07, 6.45) is 5.43. The van der Waals surface area contributed by atoms with Crippen LogP contribution in [0.1, 0.15) is 23.1 Å². The summed E-state index contributed by atoms with van der Waals surface area (Å²) in [4.78, 5) is 28.1. The predicted molar refractivity (Wildman–Crippen MR) is 136 cm³/mol. The summed E-state index contributed by atoms with van der Waals surface area (Å²) in [6, 6.07) is 26.5. The lowest BCUT2D eigenvalue weighted by molar-refractivity contribution is -0.122. The summed E-state index contributed by atoms with van der Waals surface area (Å²) in [5, 5.41) is 0.768. The number of amides is 1. The van der Waals surface area contributed by atoms with Gasteiger partial charge in [0.1, 0.15) is 0 Å². The van der Waals surface area contributed by atoms with Crippen molar-refractivity contribution in [2.75, 3.05) is 6.54 Å². The van der Waals surface area contributed by atoms with Crippen LogP contribution in [0.5, 0.6) is 0 Å². The maximum Gasteiger partial charge on any atom is 0.266 e. The highest BCUT2D eigenvalue weighted by Gasteiger charge is 2.32. The van der Waals surface area contributed by atoms with Crippen LogP contribution in [0.2, 0.25) is 0 Å². The Morgan fingerprint density at radius 2 is 1.73 bits per heavy atom. The van der Waals surface area contributed by atoms with Crippen LogP contribution in [0, 0.1) is 0 Å². The molecule has 164 valence electrons. The van der Waals surface area contributed by atoms with Crippen molar-refractivity contribution in [2.45, 2.75) is 19.4 Å². The molecule has 0 radical (unpaired) electrons. The van der Waals surface area contributed by atoms with E-state index in [0.29, 0.717) is 18.0 Å². The number of fused-ring (bicyclic) bond motifs is 1. The first-order chi connectivity index (χ1) is 16.3. The lowest BCUT2D eigenvalue weighted by atomic mass is 10.1. The molecule has 33 heavy (non-hydrogen) atoms. The number of aromatic nitrogens is 2. The van der Waals surface area contributed by atoms with Gasteiger partial charge in [-0.3, -0.25) is 14.7 Å². The summed E-state index contributed by atoms with van der Waals surface area (Å²) in [5.41, 5.74) is 5.23. The largest absolute Gasteiger partial charge is 0.345 e. The molecular weight excluding hydrogens is 428 g/mol. The van der Waals surface area contributed by atoms with E-state index in [-0.39, 0.29) is 5.91 Å².